The molecule has 1 N–H and O–H groups in total. The van der Waals surface area contributed by atoms with Gasteiger partial charge in [-0.2, -0.15) is 0 Å². The zero-order valence-corrected chi connectivity index (χ0v) is 13.7. The van der Waals surface area contributed by atoms with E-state index in [0.717, 1.165) is 23.7 Å². The predicted octanol–water partition coefficient (Wildman–Crippen LogP) is 4.02. The largest absolute Gasteiger partial charge is 0.490 e. The van der Waals surface area contributed by atoms with E-state index in [2.05, 4.69) is 28.7 Å². The summed E-state index contributed by atoms with van der Waals surface area (Å²) in [4.78, 5) is 0. The van der Waals surface area contributed by atoms with E-state index in [0.29, 0.717) is 12.6 Å². The molecule has 0 aliphatic heterocycles. The molecule has 1 fully saturated rings. The summed E-state index contributed by atoms with van der Waals surface area (Å²) >= 11 is 0. The van der Waals surface area contributed by atoms with Gasteiger partial charge in [-0.25, -0.2) is 0 Å². The number of aryl methyl sites for hydroxylation is 1. The van der Waals surface area contributed by atoms with Gasteiger partial charge in [0.25, 0.3) is 0 Å². The Morgan fingerprint density at radius 3 is 2.77 bits per heavy atom. The normalized spacial score (nSPS) is 14.8. The van der Waals surface area contributed by atoms with E-state index < -0.39 is 0 Å². The van der Waals surface area contributed by atoms with E-state index in [1.54, 1.807) is 0 Å². The first-order valence-corrected chi connectivity index (χ1v) is 7.68. The highest BCUT2D eigenvalue weighted by Crippen LogP contribution is 2.24. The molecule has 1 saturated carbocycles. The minimum Gasteiger partial charge on any atom is -0.490 e. The molecular weight excluding hydrogens is 300 g/mol. The second-order valence-electron chi connectivity index (χ2n) is 5.70. The third-order valence-electron chi connectivity index (χ3n) is 3.82. The Bertz CT molecular complexity index is 580. The number of rotatable bonds is 6. The molecule has 0 spiro atoms. The minimum atomic E-state index is 0. The van der Waals surface area contributed by atoms with Crippen molar-refractivity contribution in [3.8, 4) is 5.75 Å². The molecule has 22 heavy (non-hydrogen) atoms. The Hall–Kier alpha value is -1.52. The van der Waals surface area contributed by atoms with Gasteiger partial charge in [-0.3, -0.25) is 0 Å². The van der Waals surface area contributed by atoms with Crippen molar-refractivity contribution in [2.24, 2.45) is 0 Å². The molecule has 1 aromatic carbocycles. The zero-order chi connectivity index (χ0) is 14.5. The molecule has 120 valence electrons. The van der Waals surface area contributed by atoms with E-state index in [1.807, 2.05) is 19.1 Å². The molecular formula is C17H23ClN2O2. The summed E-state index contributed by atoms with van der Waals surface area (Å²) in [5.74, 6) is 1.83. The highest BCUT2D eigenvalue weighted by Gasteiger charge is 2.16. The van der Waals surface area contributed by atoms with Crippen LogP contribution in [-0.4, -0.2) is 11.3 Å². The van der Waals surface area contributed by atoms with Crippen LogP contribution in [0.1, 0.15) is 42.7 Å². The van der Waals surface area contributed by atoms with E-state index in [1.165, 1.54) is 31.2 Å². The van der Waals surface area contributed by atoms with Gasteiger partial charge in [0, 0.05) is 19.2 Å². The van der Waals surface area contributed by atoms with Gasteiger partial charge in [-0.1, -0.05) is 17.3 Å². The van der Waals surface area contributed by atoms with Gasteiger partial charge < -0.3 is 14.6 Å². The molecule has 0 atom stereocenters. The van der Waals surface area contributed by atoms with Crippen LogP contribution in [0.4, 0.5) is 0 Å². The lowest BCUT2D eigenvalue weighted by Gasteiger charge is -2.14. The summed E-state index contributed by atoms with van der Waals surface area (Å²) in [7, 11) is 0. The highest BCUT2D eigenvalue weighted by molar-refractivity contribution is 5.85. The quantitative estimate of drug-likeness (QED) is 0.872. The second-order valence-corrected chi connectivity index (χ2v) is 5.70. The number of benzene rings is 1. The molecule has 1 aromatic heterocycles. The molecule has 2 aromatic rings. The molecule has 1 heterocycles. The smallest absolute Gasteiger partial charge is 0.133 e. The fraction of sp³-hybridized carbons (Fsp3) is 0.471. The predicted molar refractivity (Wildman–Crippen MR) is 88.4 cm³/mol. The van der Waals surface area contributed by atoms with Crippen molar-refractivity contribution in [1.82, 2.24) is 10.5 Å². The first kappa shape index (κ1) is 16.8. The third-order valence-corrected chi connectivity index (χ3v) is 3.82. The maximum absolute atomic E-state index is 6.03. The number of nitrogens with zero attached hydrogens (tertiary/aromatic N) is 1. The first-order valence-electron chi connectivity index (χ1n) is 7.68. The lowest BCUT2D eigenvalue weighted by Crippen LogP contribution is -2.14. The van der Waals surface area contributed by atoms with Gasteiger partial charge in [-0.05, 0) is 50.3 Å². The summed E-state index contributed by atoms with van der Waals surface area (Å²) in [5.41, 5.74) is 2.16. The molecule has 5 heteroatoms. The SMILES string of the molecule is Cc1cc(CNCc2cccc(OC3CCCC3)c2)no1.Cl. The Morgan fingerprint density at radius 1 is 1.23 bits per heavy atom. The standard InChI is InChI=1S/C17H22N2O2.ClH/c1-13-9-15(19-21-13)12-18-11-14-5-4-8-17(10-14)20-16-6-2-3-7-16;/h4-5,8-10,16,18H,2-3,6-7,11-12H2,1H3;1H. The topological polar surface area (TPSA) is 47.3 Å². The van der Waals surface area contributed by atoms with E-state index in [9.17, 15) is 0 Å². The maximum Gasteiger partial charge on any atom is 0.133 e. The van der Waals surface area contributed by atoms with E-state index >= 15 is 0 Å². The Morgan fingerprint density at radius 2 is 2.05 bits per heavy atom. The highest BCUT2D eigenvalue weighted by atomic mass is 35.5. The van der Waals surface area contributed by atoms with Crippen LogP contribution in [-0.2, 0) is 13.1 Å². The van der Waals surface area contributed by atoms with Crippen LogP contribution >= 0.6 is 12.4 Å². The molecule has 1 aliphatic rings. The maximum atomic E-state index is 6.03. The lowest BCUT2D eigenvalue weighted by atomic mass is 10.2. The number of ether oxygens (including phenoxy) is 1. The van der Waals surface area contributed by atoms with Crippen LogP contribution in [0.5, 0.6) is 5.75 Å². The van der Waals surface area contributed by atoms with Gasteiger partial charge in [0.1, 0.15) is 11.5 Å². The summed E-state index contributed by atoms with van der Waals surface area (Å²) in [6.07, 6.45) is 5.37. The Balaban J connectivity index is 0.00000176. The molecule has 4 nitrogen and oxygen atoms in total. The van der Waals surface area contributed by atoms with Crippen LogP contribution < -0.4 is 10.1 Å². The van der Waals surface area contributed by atoms with Gasteiger partial charge in [0.05, 0.1) is 11.8 Å². The molecule has 3 rings (SSSR count). The summed E-state index contributed by atoms with van der Waals surface area (Å²) in [6.45, 7) is 3.42. The lowest BCUT2D eigenvalue weighted by molar-refractivity contribution is 0.210. The minimum absolute atomic E-state index is 0. The number of aromatic nitrogens is 1. The Kier molecular flexibility index (Phi) is 6.28. The van der Waals surface area contributed by atoms with Crippen molar-refractivity contribution in [2.45, 2.75) is 51.8 Å². The van der Waals surface area contributed by atoms with Crippen LogP contribution in [0, 0.1) is 6.92 Å². The number of nitrogens with one attached hydrogen (secondary N) is 1. The van der Waals surface area contributed by atoms with Crippen molar-refractivity contribution in [3.05, 3.63) is 47.3 Å². The summed E-state index contributed by atoms with van der Waals surface area (Å²) in [6, 6.07) is 10.3. The second kappa shape index (κ2) is 8.20. The van der Waals surface area contributed by atoms with Crippen molar-refractivity contribution < 1.29 is 9.26 Å². The molecule has 0 radical (unpaired) electrons. The molecule has 0 unspecified atom stereocenters. The van der Waals surface area contributed by atoms with Gasteiger partial charge in [-0.15, -0.1) is 12.4 Å². The fourth-order valence-corrected chi connectivity index (χ4v) is 2.76. The van der Waals surface area contributed by atoms with Crippen molar-refractivity contribution >= 4 is 12.4 Å². The number of halogens is 1. The molecule has 0 bridgehead atoms. The number of hydrogen-bond acceptors (Lipinski definition) is 4. The van der Waals surface area contributed by atoms with Crippen LogP contribution in [0.25, 0.3) is 0 Å². The Labute approximate surface area is 137 Å². The first-order chi connectivity index (χ1) is 10.3. The third kappa shape index (κ3) is 4.75. The van der Waals surface area contributed by atoms with Gasteiger partial charge in [0.2, 0.25) is 0 Å². The zero-order valence-electron chi connectivity index (χ0n) is 12.9. The molecule has 1 aliphatic carbocycles. The van der Waals surface area contributed by atoms with Crippen molar-refractivity contribution in [1.29, 1.82) is 0 Å². The summed E-state index contributed by atoms with van der Waals surface area (Å²) in [5, 5.41) is 7.34. The average Bonchev–Trinajstić information content (AvgIpc) is 3.11. The average molecular weight is 323 g/mol. The summed E-state index contributed by atoms with van der Waals surface area (Å²) < 4.78 is 11.1. The number of hydrogen-bond donors (Lipinski definition) is 1. The fourth-order valence-electron chi connectivity index (χ4n) is 2.76. The molecule has 0 saturated heterocycles. The van der Waals surface area contributed by atoms with Crippen LogP contribution in [0.15, 0.2) is 34.9 Å². The van der Waals surface area contributed by atoms with Crippen LogP contribution in [0.3, 0.4) is 0 Å². The van der Waals surface area contributed by atoms with E-state index in [-0.39, 0.29) is 12.4 Å². The van der Waals surface area contributed by atoms with Gasteiger partial charge >= 0.3 is 0 Å². The van der Waals surface area contributed by atoms with E-state index in [4.69, 9.17) is 9.26 Å². The van der Waals surface area contributed by atoms with Gasteiger partial charge in [0.15, 0.2) is 0 Å². The van der Waals surface area contributed by atoms with Crippen molar-refractivity contribution in [3.63, 3.8) is 0 Å². The molecule has 0 amide bonds. The van der Waals surface area contributed by atoms with Crippen molar-refractivity contribution in [2.75, 3.05) is 0 Å². The van der Waals surface area contributed by atoms with Crippen LogP contribution in [0.2, 0.25) is 0 Å². The monoisotopic (exact) mass is 322 g/mol.